The molecule has 1 saturated carbocycles. The lowest BCUT2D eigenvalue weighted by molar-refractivity contribution is -0.128. The second-order valence-corrected chi connectivity index (χ2v) is 7.11. The maximum atomic E-state index is 12.3. The van der Waals surface area contributed by atoms with Crippen LogP contribution in [0.25, 0.3) is 0 Å². The lowest BCUT2D eigenvalue weighted by Crippen LogP contribution is -2.47. The van der Waals surface area contributed by atoms with Gasteiger partial charge in [-0.1, -0.05) is 24.6 Å². The van der Waals surface area contributed by atoms with Gasteiger partial charge in [0.2, 0.25) is 5.91 Å². The lowest BCUT2D eigenvalue weighted by atomic mass is 10.2. The number of carbonyl (C=O) groups excluding carboxylic acids is 3. The fourth-order valence-electron chi connectivity index (χ4n) is 2.67. The van der Waals surface area contributed by atoms with Gasteiger partial charge in [-0.15, -0.1) is 0 Å². The highest BCUT2D eigenvalue weighted by Crippen LogP contribution is 2.30. The van der Waals surface area contributed by atoms with Crippen molar-refractivity contribution < 1.29 is 19.1 Å². The molecule has 3 N–H and O–H groups in total. The van der Waals surface area contributed by atoms with Crippen molar-refractivity contribution in [2.75, 3.05) is 5.32 Å². The number of hydrogen-bond acceptors (Lipinski definition) is 4. The highest BCUT2D eigenvalue weighted by Gasteiger charge is 2.29. The van der Waals surface area contributed by atoms with Crippen molar-refractivity contribution in [2.24, 2.45) is 5.92 Å². The maximum Gasteiger partial charge on any atom is 0.279 e. The van der Waals surface area contributed by atoms with Crippen molar-refractivity contribution in [3.63, 3.8) is 0 Å². The van der Waals surface area contributed by atoms with E-state index in [0.717, 1.165) is 18.4 Å². The molecular formula is C22H25N3O4. The molecule has 7 nitrogen and oxygen atoms in total. The summed E-state index contributed by atoms with van der Waals surface area (Å²) in [6.07, 6.45) is 1.58. The summed E-state index contributed by atoms with van der Waals surface area (Å²) in [5.74, 6) is -0.179. The molecule has 0 spiro atoms. The molecule has 2 aromatic rings. The largest absolute Gasteiger partial charge is 0.481 e. The van der Waals surface area contributed by atoms with Gasteiger partial charge in [0.25, 0.3) is 11.8 Å². The monoisotopic (exact) mass is 395 g/mol. The van der Waals surface area contributed by atoms with Gasteiger partial charge in [-0.25, -0.2) is 0 Å². The molecule has 1 atom stereocenters. The van der Waals surface area contributed by atoms with E-state index in [-0.39, 0.29) is 11.8 Å². The van der Waals surface area contributed by atoms with Crippen LogP contribution in [0, 0.1) is 12.8 Å². The molecule has 29 heavy (non-hydrogen) atoms. The van der Waals surface area contributed by atoms with E-state index in [1.807, 2.05) is 26.0 Å². The first-order valence-corrected chi connectivity index (χ1v) is 9.70. The van der Waals surface area contributed by atoms with Gasteiger partial charge in [-0.2, -0.15) is 0 Å². The molecule has 0 bridgehead atoms. The molecule has 1 fully saturated rings. The number of rotatable bonds is 7. The molecular weight excluding hydrogens is 370 g/mol. The Morgan fingerprint density at radius 1 is 1.00 bits per heavy atom. The number of aryl methyl sites for hydroxylation is 1. The standard InChI is InChI=1S/C22H25N3O4/c1-3-19(29-18-12-4-14(2)5-13-18)22(28)25-24-21(27)16-8-10-17(11-9-16)23-20(26)15-6-7-15/h4-5,8-13,15,19H,3,6-7H2,1-2H3,(H,23,26)(H,24,27)(H,25,28). The van der Waals surface area contributed by atoms with Gasteiger partial charge in [-0.05, 0) is 62.6 Å². The molecule has 0 aliphatic heterocycles. The van der Waals surface area contributed by atoms with Crippen LogP contribution in [0.15, 0.2) is 48.5 Å². The van der Waals surface area contributed by atoms with Crippen LogP contribution in [0.5, 0.6) is 5.75 Å². The van der Waals surface area contributed by atoms with Crippen LogP contribution in [0.4, 0.5) is 5.69 Å². The van der Waals surface area contributed by atoms with Crippen LogP contribution in [0.3, 0.4) is 0 Å². The topological polar surface area (TPSA) is 96.5 Å². The molecule has 0 heterocycles. The van der Waals surface area contributed by atoms with Crippen LogP contribution in [0.2, 0.25) is 0 Å². The zero-order valence-corrected chi connectivity index (χ0v) is 16.5. The number of benzene rings is 2. The normalized spacial score (nSPS) is 13.9. The van der Waals surface area contributed by atoms with Crippen LogP contribution in [0.1, 0.15) is 42.1 Å². The summed E-state index contributed by atoms with van der Waals surface area (Å²) in [7, 11) is 0. The number of nitrogens with one attached hydrogen (secondary N) is 3. The minimum absolute atomic E-state index is 0.00801. The fourth-order valence-corrected chi connectivity index (χ4v) is 2.67. The Balaban J connectivity index is 1.49. The first-order valence-electron chi connectivity index (χ1n) is 9.70. The zero-order valence-electron chi connectivity index (χ0n) is 16.5. The molecule has 1 unspecified atom stereocenters. The van der Waals surface area contributed by atoms with E-state index in [9.17, 15) is 14.4 Å². The van der Waals surface area contributed by atoms with Crippen LogP contribution < -0.4 is 20.9 Å². The Morgan fingerprint density at radius 2 is 1.66 bits per heavy atom. The minimum Gasteiger partial charge on any atom is -0.481 e. The molecule has 3 amide bonds. The van der Waals surface area contributed by atoms with Gasteiger partial charge in [0, 0.05) is 17.2 Å². The van der Waals surface area contributed by atoms with E-state index in [1.54, 1.807) is 36.4 Å². The average molecular weight is 395 g/mol. The summed E-state index contributed by atoms with van der Waals surface area (Å²) in [5.41, 5.74) is 6.89. The molecule has 0 radical (unpaired) electrons. The van der Waals surface area contributed by atoms with Gasteiger partial charge in [0.1, 0.15) is 5.75 Å². The van der Waals surface area contributed by atoms with Crippen molar-refractivity contribution in [3.8, 4) is 5.75 Å². The third-order valence-corrected chi connectivity index (χ3v) is 4.62. The van der Waals surface area contributed by atoms with Crippen molar-refractivity contribution >= 4 is 23.4 Å². The van der Waals surface area contributed by atoms with E-state index < -0.39 is 17.9 Å². The molecule has 1 aliphatic carbocycles. The number of hydrazine groups is 1. The molecule has 3 rings (SSSR count). The van der Waals surface area contributed by atoms with E-state index in [1.165, 1.54) is 0 Å². The zero-order chi connectivity index (χ0) is 20.8. The van der Waals surface area contributed by atoms with Crippen LogP contribution in [-0.4, -0.2) is 23.8 Å². The smallest absolute Gasteiger partial charge is 0.279 e. The Morgan fingerprint density at radius 3 is 2.24 bits per heavy atom. The number of amides is 3. The third kappa shape index (κ3) is 5.81. The van der Waals surface area contributed by atoms with E-state index in [0.29, 0.717) is 23.4 Å². The highest BCUT2D eigenvalue weighted by molar-refractivity contribution is 5.97. The molecule has 7 heteroatoms. The van der Waals surface area contributed by atoms with Gasteiger partial charge < -0.3 is 10.1 Å². The summed E-state index contributed by atoms with van der Waals surface area (Å²) < 4.78 is 5.69. The lowest BCUT2D eigenvalue weighted by Gasteiger charge is -2.17. The summed E-state index contributed by atoms with van der Waals surface area (Å²) in [6, 6.07) is 13.9. The van der Waals surface area contributed by atoms with Crippen molar-refractivity contribution in [2.45, 2.75) is 39.2 Å². The van der Waals surface area contributed by atoms with Gasteiger partial charge in [-0.3, -0.25) is 25.2 Å². The van der Waals surface area contributed by atoms with Crippen LogP contribution >= 0.6 is 0 Å². The van der Waals surface area contributed by atoms with Gasteiger partial charge in [0.05, 0.1) is 0 Å². The average Bonchev–Trinajstić information content (AvgIpc) is 3.57. The van der Waals surface area contributed by atoms with E-state index >= 15 is 0 Å². The Labute approximate surface area is 169 Å². The predicted octanol–water partition coefficient (Wildman–Crippen LogP) is 2.96. The second-order valence-electron chi connectivity index (χ2n) is 7.11. The summed E-state index contributed by atoms with van der Waals surface area (Å²) in [5, 5.41) is 2.81. The summed E-state index contributed by atoms with van der Waals surface area (Å²) in [4.78, 5) is 36.3. The maximum absolute atomic E-state index is 12.3. The molecule has 0 saturated heterocycles. The highest BCUT2D eigenvalue weighted by atomic mass is 16.5. The molecule has 2 aromatic carbocycles. The molecule has 152 valence electrons. The first-order chi connectivity index (χ1) is 14.0. The minimum atomic E-state index is -0.724. The quantitative estimate of drug-likeness (QED) is 0.628. The summed E-state index contributed by atoms with van der Waals surface area (Å²) >= 11 is 0. The van der Waals surface area contributed by atoms with Gasteiger partial charge in [0.15, 0.2) is 6.10 Å². The Hall–Kier alpha value is -3.35. The predicted molar refractivity (Wildman–Crippen MR) is 109 cm³/mol. The van der Waals surface area contributed by atoms with Crippen molar-refractivity contribution in [1.29, 1.82) is 0 Å². The number of anilines is 1. The fraction of sp³-hybridized carbons (Fsp3) is 0.318. The molecule has 1 aliphatic rings. The first kappa shape index (κ1) is 20.4. The number of hydrogen-bond donors (Lipinski definition) is 3. The van der Waals surface area contributed by atoms with Gasteiger partial charge >= 0.3 is 0 Å². The van der Waals surface area contributed by atoms with Crippen molar-refractivity contribution in [1.82, 2.24) is 10.9 Å². The second kappa shape index (κ2) is 9.23. The third-order valence-electron chi connectivity index (χ3n) is 4.62. The SMILES string of the molecule is CCC(Oc1ccc(C)cc1)C(=O)NNC(=O)c1ccc(NC(=O)C2CC2)cc1. The van der Waals surface area contributed by atoms with E-state index in [4.69, 9.17) is 4.74 Å². The Bertz CT molecular complexity index is 874. The summed E-state index contributed by atoms with van der Waals surface area (Å²) in [6.45, 7) is 3.80. The Kier molecular flexibility index (Phi) is 6.49. The van der Waals surface area contributed by atoms with Crippen molar-refractivity contribution in [3.05, 3.63) is 59.7 Å². The number of carbonyl (C=O) groups is 3. The molecule has 0 aromatic heterocycles. The van der Waals surface area contributed by atoms with E-state index in [2.05, 4.69) is 16.2 Å². The number of ether oxygens (including phenoxy) is 1. The van der Waals surface area contributed by atoms with Crippen LogP contribution in [-0.2, 0) is 9.59 Å².